The second-order valence-electron chi connectivity index (χ2n) is 7.53. The van der Waals surface area contributed by atoms with Gasteiger partial charge < -0.3 is 23.7 Å². The van der Waals surface area contributed by atoms with Crippen molar-refractivity contribution in [3.05, 3.63) is 30.3 Å². The first-order valence-electron chi connectivity index (χ1n) is 10.7. The molecule has 0 amide bonds. The molecule has 1 aliphatic heterocycles. The van der Waals surface area contributed by atoms with Crippen LogP contribution >= 0.6 is 23.5 Å². The molecule has 204 valence electrons. The maximum Gasteiger partial charge on any atom is 0.303 e. The van der Waals surface area contributed by atoms with Crippen molar-refractivity contribution in [3.63, 3.8) is 0 Å². The topological polar surface area (TPSA) is 161 Å². The van der Waals surface area contributed by atoms with Crippen molar-refractivity contribution < 1.29 is 51.3 Å². The van der Waals surface area contributed by atoms with Gasteiger partial charge in [0, 0.05) is 27.7 Å². The fourth-order valence-electron chi connectivity index (χ4n) is 3.23. The van der Waals surface area contributed by atoms with Gasteiger partial charge in [0.15, 0.2) is 23.7 Å². The van der Waals surface area contributed by atoms with Gasteiger partial charge in [0.05, 0.1) is 4.90 Å². The summed E-state index contributed by atoms with van der Waals surface area (Å²) >= 11 is 1.78. The highest BCUT2D eigenvalue weighted by Gasteiger charge is 2.52. The standard InChI is InChI=1S/C22H27NO11S3/c1-12(24)30-11-17-18(31-13(2)25)19(32-14(3)26)20(33-15(4)27)21(34-17)36-22(35-5)23-37(28,29)16-9-7-6-8-10-16/h6-10,17-21H,11H2,1-5H3/b23-22+/t17-,18-,19+,20-,21+/m0/s1. The van der Waals surface area contributed by atoms with Crippen LogP contribution in [0, 0.1) is 0 Å². The summed E-state index contributed by atoms with van der Waals surface area (Å²) in [4.78, 5) is 47.1. The Morgan fingerprint density at radius 3 is 1.92 bits per heavy atom. The molecule has 0 spiro atoms. The van der Waals surface area contributed by atoms with E-state index in [4.69, 9.17) is 23.7 Å². The highest BCUT2D eigenvalue weighted by molar-refractivity contribution is 8.39. The minimum atomic E-state index is -4.10. The summed E-state index contributed by atoms with van der Waals surface area (Å²) in [6.45, 7) is 4.09. The van der Waals surface area contributed by atoms with Gasteiger partial charge in [-0.1, -0.05) is 30.0 Å². The normalized spacial score (nSPS) is 24.0. The first-order chi connectivity index (χ1) is 17.3. The van der Waals surface area contributed by atoms with Crippen molar-refractivity contribution in [2.45, 2.75) is 62.4 Å². The molecule has 1 fully saturated rings. The largest absolute Gasteiger partial charge is 0.463 e. The van der Waals surface area contributed by atoms with E-state index in [0.717, 1.165) is 51.2 Å². The van der Waals surface area contributed by atoms with Gasteiger partial charge in [-0.15, -0.1) is 16.2 Å². The fraction of sp³-hybridized carbons (Fsp3) is 0.500. The van der Waals surface area contributed by atoms with E-state index in [0.29, 0.717) is 0 Å². The molecule has 0 N–H and O–H groups in total. The van der Waals surface area contributed by atoms with Crippen molar-refractivity contribution >= 4 is 61.8 Å². The van der Waals surface area contributed by atoms with Gasteiger partial charge in [-0.2, -0.15) is 8.42 Å². The number of esters is 4. The molecule has 0 saturated carbocycles. The Morgan fingerprint density at radius 1 is 0.865 bits per heavy atom. The van der Waals surface area contributed by atoms with Crippen molar-refractivity contribution in [2.24, 2.45) is 4.40 Å². The van der Waals surface area contributed by atoms with Crippen molar-refractivity contribution in [1.29, 1.82) is 0 Å². The van der Waals surface area contributed by atoms with Gasteiger partial charge in [0.1, 0.15) is 17.1 Å². The molecular weight excluding hydrogens is 550 g/mol. The molecule has 1 saturated heterocycles. The molecule has 1 aromatic carbocycles. The van der Waals surface area contributed by atoms with E-state index in [1.165, 1.54) is 12.1 Å². The van der Waals surface area contributed by atoms with E-state index >= 15 is 0 Å². The number of sulfonamides is 1. The number of ether oxygens (including phenoxy) is 5. The summed E-state index contributed by atoms with van der Waals surface area (Å²) < 4.78 is 56.6. The second kappa shape index (κ2) is 13.8. The number of hydrogen-bond acceptors (Lipinski definition) is 13. The van der Waals surface area contributed by atoms with Crippen LogP contribution in [-0.2, 0) is 52.9 Å². The quantitative estimate of drug-likeness (QED) is 0.191. The Morgan fingerprint density at radius 2 is 1.41 bits per heavy atom. The van der Waals surface area contributed by atoms with Crippen LogP contribution in [0.25, 0.3) is 0 Å². The van der Waals surface area contributed by atoms with Crippen LogP contribution in [-0.4, -0.2) is 79.4 Å². The third kappa shape index (κ3) is 9.32. The molecule has 5 atom stereocenters. The first-order valence-corrected chi connectivity index (χ1v) is 14.3. The van der Waals surface area contributed by atoms with Crippen LogP contribution in [0.1, 0.15) is 27.7 Å². The zero-order chi connectivity index (χ0) is 27.8. The van der Waals surface area contributed by atoms with E-state index in [2.05, 4.69) is 4.40 Å². The highest BCUT2D eigenvalue weighted by atomic mass is 32.2. The van der Waals surface area contributed by atoms with Gasteiger partial charge in [-0.3, -0.25) is 19.2 Å². The van der Waals surface area contributed by atoms with Crippen LogP contribution in [0.15, 0.2) is 39.6 Å². The zero-order valence-electron chi connectivity index (χ0n) is 20.6. The molecular formula is C22H27NO11S3. The number of hydrogen-bond donors (Lipinski definition) is 0. The van der Waals surface area contributed by atoms with Crippen molar-refractivity contribution in [1.82, 2.24) is 0 Å². The van der Waals surface area contributed by atoms with Crippen LogP contribution in [0.2, 0.25) is 0 Å². The molecule has 0 bridgehead atoms. The average molecular weight is 578 g/mol. The Hall–Kier alpha value is -2.62. The number of carbonyl (C=O) groups is 4. The third-order valence-electron chi connectivity index (χ3n) is 4.58. The lowest BCUT2D eigenvalue weighted by atomic mass is 9.99. The lowest BCUT2D eigenvalue weighted by Crippen LogP contribution is -2.61. The molecule has 0 aliphatic carbocycles. The van der Waals surface area contributed by atoms with Crippen molar-refractivity contribution in [2.75, 3.05) is 12.9 Å². The van der Waals surface area contributed by atoms with E-state index < -0.39 is 70.4 Å². The molecule has 1 aromatic rings. The Kier molecular flexibility index (Phi) is 11.4. The highest BCUT2D eigenvalue weighted by Crippen LogP contribution is 2.37. The number of nitrogens with zero attached hydrogens (tertiary/aromatic N) is 1. The van der Waals surface area contributed by atoms with Crippen molar-refractivity contribution in [3.8, 4) is 0 Å². The molecule has 1 aliphatic rings. The minimum Gasteiger partial charge on any atom is -0.463 e. The van der Waals surface area contributed by atoms with Gasteiger partial charge in [0.2, 0.25) is 0 Å². The maximum atomic E-state index is 12.8. The minimum absolute atomic E-state index is 0.0183. The van der Waals surface area contributed by atoms with Gasteiger partial charge in [-0.25, -0.2) is 0 Å². The molecule has 0 unspecified atom stereocenters. The second-order valence-corrected chi connectivity index (χ2v) is 11.3. The summed E-state index contributed by atoms with van der Waals surface area (Å²) in [6, 6.07) is 7.53. The van der Waals surface area contributed by atoms with Crippen LogP contribution in [0.3, 0.4) is 0 Å². The van der Waals surface area contributed by atoms with Crippen LogP contribution < -0.4 is 0 Å². The lowest BCUT2D eigenvalue weighted by Gasteiger charge is -2.44. The van der Waals surface area contributed by atoms with Crippen LogP contribution in [0.4, 0.5) is 0 Å². The zero-order valence-corrected chi connectivity index (χ0v) is 23.1. The Balaban J connectivity index is 2.51. The summed E-state index contributed by atoms with van der Waals surface area (Å²) in [6.07, 6.45) is -3.61. The fourth-order valence-corrected chi connectivity index (χ4v) is 6.51. The Bertz CT molecular complexity index is 1120. The molecule has 2 rings (SSSR count). The number of carbonyl (C=O) groups excluding carboxylic acids is 4. The molecule has 12 nitrogen and oxygen atoms in total. The number of rotatable bonds is 8. The monoisotopic (exact) mass is 577 g/mol. The molecule has 1 heterocycles. The predicted molar refractivity (Wildman–Crippen MR) is 134 cm³/mol. The summed E-state index contributed by atoms with van der Waals surface area (Å²) in [5.74, 6) is -2.95. The van der Waals surface area contributed by atoms with E-state index in [-0.39, 0.29) is 9.27 Å². The van der Waals surface area contributed by atoms with Gasteiger partial charge in [-0.05, 0) is 18.4 Å². The summed E-state index contributed by atoms with van der Waals surface area (Å²) in [5.41, 5.74) is -1.20. The summed E-state index contributed by atoms with van der Waals surface area (Å²) in [7, 11) is -4.10. The average Bonchev–Trinajstić information content (AvgIpc) is 2.80. The van der Waals surface area contributed by atoms with Gasteiger partial charge >= 0.3 is 23.9 Å². The summed E-state index contributed by atoms with van der Waals surface area (Å²) in [5, 5.41) is 0. The lowest BCUT2D eigenvalue weighted by molar-refractivity contribution is -0.237. The van der Waals surface area contributed by atoms with Gasteiger partial charge in [0.25, 0.3) is 10.0 Å². The third-order valence-corrected chi connectivity index (χ3v) is 8.23. The molecule has 37 heavy (non-hydrogen) atoms. The number of benzene rings is 1. The van der Waals surface area contributed by atoms with E-state index in [9.17, 15) is 27.6 Å². The Labute approximate surface area is 222 Å². The smallest absolute Gasteiger partial charge is 0.303 e. The first kappa shape index (κ1) is 30.6. The molecule has 0 radical (unpaired) electrons. The van der Waals surface area contributed by atoms with E-state index in [1.54, 1.807) is 24.5 Å². The number of thioether (sulfide) groups is 2. The molecule has 15 heteroatoms. The maximum absolute atomic E-state index is 12.8. The predicted octanol–water partition coefficient (Wildman–Crippen LogP) is 1.91. The molecule has 0 aromatic heterocycles. The van der Waals surface area contributed by atoms with Crippen LogP contribution in [0.5, 0.6) is 0 Å². The van der Waals surface area contributed by atoms with E-state index in [1.807, 2.05) is 0 Å². The SMILES string of the molecule is CS/C(=N\S(=O)(=O)c1ccccc1)S[C@H]1O[C@@H](COC(C)=O)[C@H](OC(C)=O)[C@@H](OC(C)=O)[C@@H]1OC(C)=O.